The number of ether oxygens (including phenoxy) is 1. The van der Waals surface area contributed by atoms with Gasteiger partial charge in [-0.15, -0.1) is 0 Å². The quantitative estimate of drug-likeness (QED) is 0.755. The van der Waals surface area contributed by atoms with Gasteiger partial charge < -0.3 is 15.0 Å². The number of nitrogens with zero attached hydrogens (tertiary/aromatic N) is 2. The van der Waals surface area contributed by atoms with Crippen molar-refractivity contribution >= 4 is 5.69 Å². The molecule has 0 saturated carbocycles. The van der Waals surface area contributed by atoms with Gasteiger partial charge in [-0.25, -0.2) is 0 Å². The maximum Gasteiger partial charge on any atom is 0.122 e. The summed E-state index contributed by atoms with van der Waals surface area (Å²) < 4.78 is 7.72. The van der Waals surface area contributed by atoms with Crippen molar-refractivity contribution in [3.63, 3.8) is 0 Å². The van der Waals surface area contributed by atoms with Crippen LogP contribution in [-0.4, -0.2) is 11.2 Å². The first-order valence-electron chi connectivity index (χ1n) is 7.82. The number of unbranched alkanes of at least 4 members (excludes halogenated alkanes) is 2. The molecular formula is C18H23N3O. The number of nitrogen functional groups attached to an aromatic ring is 1. The van der Waals surface area contributed by atoms with E-state index in [0.717, 1.165) is 24.3 Å². The van der Waals surface area contributed by atoms with E-state index < -0.39 is 0 Å². The van der Waals surface area contributed by atoms with Gasteiger partial charge in [0, 0.05) is 5.69 Å². The molecule has 2 rings (SSSR count). The lowest BCUT2D eigenvalue weighted by Gasteiger charge is -2.12. The number of nitriles is 1. The number of benzene rings is 1. The molecule has 0 atom stereocenters. The van der Waals surface area contributed by atoms with E-state index in [2.05, 4.69) is 13.0 Å². The van der Waals surface area contributed by atoms with Crippen molar-refractivity contribution in [1.82, 2.24) is 4.57 Å². The van der Waals surface area contributed by atoms with Gasteiger partial charge >= 0.3 is 0 Å². The Morgan fingerprint density at radius 3 is 2.68 bits per heavy atom. The number of anilines is 1. The molecule has 0 aliphatic carbocycles. The summed E-state index contributed by atoms with van der Waals surface area (Å²) in [6, 6.07) is 13.7. The summed E-state index contributed by atoms with van der Waals surface area (Å²) in [5.74, 6) is 0.841. The van der Waals surface area contributed by atoms with Crippen molar-refractivity contribution in [2.75, 3.05) is 12.3 Å². The molecule has 0 bridgehead atoms. The van der Waals surface area contributed by atoms with Crippen molar-refractivity contribution in [1.29, 1.82) is 5.26 Å². The highest BCUT2D eigenvalue weighted by atomic mass is 16.5. The van der Waals surface area contributed by atoms with E-state index in [0.29, 0.717) is 24.5 Å². The van der Waals surface area contributed by atoms with Crippen molar-refractivity contribution in [3.05, 3.63) is 47.8 Å². The molecule has 0 fully saturated rings. The molecular weight excluding hydrogens is 274 g/mol. The molecule has 1 aromatic carbocycles. The number of hydrogen-bond acceptors (Lipinski definition) is 3. The van der Waals surface area contributed by atoms with Crippen molar-refractivity contribution < 1.29 is 4.74 Å². The third-order valence-corrected chi connectivity index (χ3v) is 3.70. The second kappa shape index (κ2) is 8.14. The van der Waals surface area contributed by atoms with Crippen LogP contribution in [0.1, 0.15) is 37.6 Å². The summed E-state index contributed by atoms with van der Waals surface area (Å²) in [4.78, 5) is 0. The third-order valence-electron chi connectivity index (χ3n) is 3.70. The van der Waals surface area contributed by atoms with Gasteiger partial charge in [0.25, 0.3) is 0 Å². The van der Waals surface area contributed by atoms with Crippen molar-refractivity contribution in [2.24, 2.45) is 0 Å². The zero-order valence-electron chi connectivity index (χ0n) is 13.1. The van der Waals surface area contributed by atoms with Gasteiger partial charge in [-0.2, -0.15) is 5.26 Å². The molecule has 0 spiro atoms. The molecule has 0 aliphatic heterocycles. The summed E-state index contributed by atoms with van der Waals surface area (Å²) in [6.07, 6.45) is 4.34. The third kappa shape index (κ3) is 4.05. The Morgan fingerprint density at radius 1 is 1.23 bits per heavy atom. The first kappa shape index (κ1) is 16.0. The van der Waals surface area contributed by atoms with Crippen LogP contribution in [0, 0.1) is 11.3 Å². The monoisotopic (exact) mass is 297 g/mol. The zero-order valence-corrected chi connectivity index (χ0v) is 13.1. The number of rotatable bonds is 8. The van der Waals surface area contributed by atoms with Gasteiger partial charge in [-0.1, -0.05) is 38.0 Å². The van der Waals surface area contributed by atoms with Gasteiger partial charge in [-0.3, -0.25) is 0 Å². The smallest absolute Gasteiger partial charge is 0.122 e. The fourth-order valence-corrected chi connectivity index (χ4v) is 2.55. The predicted octanol–water partition coefficient (Wildman–Crippen LogP) is 3.75. The zero-order chi connectivity index (χ0) is 15.8. The minimum atomic E-state index is 0.521. The van der Waals surface area contributed by atoms with E-state index in [-0.39, 0.29) is 0 Å². The Kier molecular flexibility index (Phi) is 5.91. The molecule has 0 aliphatic rings. The summed E-state index contributed by atoms with van der Waals surface area (Å²) in [5.41, 5.74) is 8.45. The molecule has 4 nitrogen and oxygen atoms in total. The minimum Gasteiger partial charge on any atom is -0.492 e. The molecule has 1 aromatic heterocycles. The van der Waals surface area contributed by atoms with Gasteiger partial charge in [0.05, 0.1) is 12.2 Å². The van der Waals surface area contributed by atoms with E-state index in [1.54, 1.807) is 6.07 Å². The van der Waals surface area contributed by atoms with Gasteiger partial charge in [0.2, 0.25) is 0 Å². The Hall–Kier alpha value is -2.41. The minimum absolute atomic E-state index is 0.521. The van der Waals surface area contributed by atoms with E-state index in [1.807, 2.05) is 34.9 Å². The largest absolute Gasteiger partial charge is 0.492 e. The molecule has 0 amide bonds. The fraction of sp³-hybridized carbons (Fsp3) is 0.389. The summed E-state index contributed by atoms with van der Waals surface area (Å²) in [5, 5.41) is 9.28. The molecule has 0 saturated heterocycles. The summed E-state index contributed by atoms with van der Waals surface area (Å²) >= 11 is 0. The number of nitrogens with two attached hydrogens (primary N) is 1. The van der Waals surface area contributed by atoms with E-state index >= 15 is 0 Å². The number of aromatic nitrogens is 1. The van der Waals surface area contributed by atoms with Crippen LogP contribution in [0.15, 0.2) is 36.4 Å². The van der Waals surface area contributed by atoms with E-state index in [4.69, 9.17) is 10.5 Å². The maximum atomic E-state index is 9.28. The highest BCUT2D eigenvalue weighted by Crippen LogP contribution is 2.21. The van der Waals surface area contributed by atoms with E-state index in [9.17, 15) is 5.26 Å². The highest BCUT2D eigenvalue weighted by molar-refractivity contribution is 5.50. The molecule has 2 N–H and O–H groups in total. The Labute approximate surface area is 132 Å². The molecule has 4 heteroatoms. The second-order valence-corrected chi connectivity index (χ2v) is 5.31. The van der Waals surface area contributed by atoms with Crippen molar-refractivity contribution in [2.45, 2.75) is 39.2 Å². The lowest BCUT2D eigenvalue weighted by molar-refractivity contribution is 0.296. The van der Waals surface area contributed by atoms with Crippen LogP contribution in [0.4, 0.5) is 5.69 Å². The Bertz CT molecular complexity index is 626. The average molecular weight is 297 g/mol. The normalized spacial score (nSPS) is 10.4. The van der Waals surface area contributed by atoms with Crippen molar-refractivity contribution in [3.8, 4) is 11.8 Å². The molecule has 0 radical (unpaired) electrons. The SMILES string of the molecule is CCCCCc1c(N)cc(C#N)n1CCOc1ccccc1. The van der Waals surface area contributed by atoms with Crippen LogP contribution in [-0.2, 0) is 13.0 Å². The van der Waals surface area contributed by atoms with Gasteiger partial charge in [-0.05, 0) is 31.0 Å². The molecule has 0 unspecified atom stereocenters. The lowest BCUT2D eigenvalue weighted by Crippen LogP contribution is -2.13. The average Bonchev–Trinajstić information content (AvgIpc) is 2.85. The van der Waals surface area contributed by atoms with Crippen LogP contribution in [0.2, 0.25) is 0 Å². The Balaban J connectivity index is 2.03. The first-order valence-corrected chi connectivity index (χ1v) is 7.82. The highest BCUT2D eigenvalue weighted by Gasteiger charge is 2.12. The van der Waals surface area contributed by atoms with Crippen LogP contribution >= 0.6 is 0 Å². The standard InChI is InChI=1S/C18H23N3O/c1-2-3-5-10-18-17(20)13-15(14-19)21(18)11-12-22-16-8-6-4-7-9-16/h4,6-9,13H,2-3,5,10-12,20H2,1H3. The topological polar surface area (TPSA) is 64.0 Å². The van der Waals surface area contributed by atoms with Crippen LogP contribution in [0.3, 0.4) is 0 Å². The van der Waals surface area contributed by atoms with E-state index in [1.165, 1.54) is 12.8 Å². The molecule has 116 valence electrons. The predicted molar refractivity (Wildman–Crippen MR) is 88.7 cm³/mol. The summed E-state index contributed by atoms with van der Waals surface area (Å²) in [7, 11) is 0. The van der Waals surface area contributed by atoms with Crippen LogP contribution < -0.4 is 10.5 Å². The number of hydrogen-bond donors (Lipinski definition) is 1. The molecule has 22 heavy (non-hydrogen) atoms. The molecule has 1 heterocycles. The second-order valence-electron chi connectivity index (χ2n) is 5.31. The molecule has 2 aromatic rings. The first-order chi connectivity index (χ1) is 10.8. The maximum absolute atomic E-state index is 9.28. The van der Waals surface area contributed by atoms with Gasteiger partial charge in [0.1, 0.15) is 24.1 Å². The fourth-order valence-electron chi connectivity index (χ4n) is 2.55. The van der Waals surface area contributed by atoms with Crippen LogP contribution in [0.5, 0.6) is 5.75 Å². The number of para-hydroxylation sites is 1. The summed E-state index contributed by atoms with van der Waals surface area (Å²) in [6.45, 7) is 3.33. The lowest BCUT2D eigenvalue weighted by atomic mass is 10.1. The Morgan fingerprint density at radius 2 is 2.00 bits per heavy atom. The van der Waals surface area contributed by atoms with Gasteiger partial charge in [0.15, 0.2) is 0 Å². The van der Waals surface area contributed by atoms with Crippen LogP contribution in [0.25, 0.3) is 0 Å².